The summed E-state index contributed by atoms with van der Waals surface area (Å²) in [5.74, 6) is 0.329. The molecule has 0 saturated carbocycles. The van der Waals surface area contributed by atoms with Crippen LogP contribution in [0.2, 0.25) is 0 Å². The van der Waals surface area contributed by atoms with Crippen LogP contribution in [0.4, 0.5) is 13.2 Å². The van der Waals surface area contributed by atoms with Gasteiger partial charge in [-0.25, -0.2) is 0 Å². The lowest BCUT2D eigenvalue weighted by Crippen LogP contribution is -2.22. The second-order valence-electron chi connectivity index (χ2n) is 4.36. The molecule has 0 aromatic carbocycles. The van der Waals surface area contributed by atoms with Crippen molar-refractivity contribution in [1.29, 1.82) is 0 Å². The molecule has 3 rings (SSSR count). The summed E-state index contributed by atoms with van der Waals surface area (Å²) in [6, 6.07) is 5.18. The summed E-state index contributed by atoms with van der Waals surface area (Å²) in [5.41, 5.74) is -1.49. The Hall–Kier alpha value is -2.42. The topological polar surface area (TPSA) is 60.9 Å². The molecule has 0 bridgehead atoms. The van der Waals surface area contributed by atoms with Gasteiger partial charge in [0.1, 0.15) is 6.54 Å². The Morgan fingerprint density at radius 2 is 2.05 bits per heavy atom. The number of hydrogen-bond acceptors (Lipinski definition) is 5. The third-order valence-electron chi connectivity index (χ3n) is 2.82. The summed E-state index contributed by atoms with van der Waals surface area (Å²) < 4.78 is 44.2. The third-order valence-corrected chi connectivity index (χ3v) is 3.67. The van der Waals surface area contributed by atoms with Crippen molar-refractivity contribution >= 4 is 11.3 Å². The van der Waals surface area contributed by atoms with Gasteiger partial charge in [0, 0.05) is 12.3 Å². The zero-order chi connectivity index (χ0) is 15.7. The number of pyridine rings is 1. The summed E-state index contributed by atoms with van der Waals surface area (Å²) in [7, 11) is 0. The van der Waals surface area contributed by atoms with Gasteiger partial charge < -0.3 is 8.98 Å². The molecule has 22 heavy (non-hydrogen) atoms. The van der Waals surface area contributed by atoms with Crippen LogP contribution in [-0.2, 0) is 12.7 Å². The van der Waals surface area contributed by atoms with Gasteiger partial charge in [0.2, 0.25) is 5.89 Å². The molecule has 0 saturated heterocycles. The maximum Gasteiger partial charge on any atom is 0.417 e. The quantitative estimate of drug-likeness (QED) is 0.742. The summed E-state index contributed by atoms with van der Waals surface area (Å²) in [6.07, 6.45) is -3.79. The van der Waals surface area contributed by atoms with E-state index in [1.165, 1.54) is 11.3 Å². The first-order chi connectivity index (χ1) is 10.4. The van der Waals surface area contributed by atoms with Crippen molar-refractivity contribution < 1.29 is 17.6 Å². The average molecular weight is 327 g/mol. The lowest BCUT2D eigenvalue weighted by Gasteiger charge is -2.08. The average Bonchev–Trinajstić information content (AvgIpc) is 3.10. The maximum atomic E-state index is 12.7. The maximum absolute atomic E-state index is 12.7. The van der Waals surface area contributed by atoms with E-state index in [0.29, 0.717) is 0 Å². The molecule has 3 heterocycles. The Morgan fingerprint density at radius 1 is 1.23 bits per heavy atom. The Kier molecular flexibility index (Phi) is 3.57. The van der Waals surface area contributed by atoms with Gasteiger partial charge in [0.05, 0.1) is 10.4 Å². The first kappa shape index (κ1) is 14.5. The lowest BCUT2D eigenvalue weighted by molar-refractivity contribution is -0.138. The van der Waals surface area contributed by atoms with Crippen LogP contribution < -0.4 is 5.56 Å². The Balaban J connectivity index is 1.89. The highest BCUT2D eigenvalue weighted by atomic mass is 32.1. The molecule has 0 aliphatic heterocycles. The van der Waals surface area contributed by atoms with Gasteiger partial charge in [0.25, 0.3) is 11.4 Å². The molecule has 5 nitrogen and oxygen atoms in total. The van der Waals surface area contributed by atoms with Gasteiger partial charge in [-0.05, 0) is 17.5 Å². The molecule has 0 aliphatic rings. The molecule has 0 N–H and O–H groups in total. The van der Waals surface area contributed by atoms with Gasteiger partial charge in [-0.1, -0.05) is 6.07 Å². The van der Waals surface area contributed by atoms with Crippen molar-refractivity contribution in [3.8, 4) is 10.8 Å². The number of rotatable bonds is 3. The van der Waals surface area contributed by atoms with Crippen molar-refractivity contribution in [2.45, 2.75) is 12.7 Å². The summed E-state index contributed by atoms with van der Waals surface area (Å²) >= 11 is 1.39. The van der Waals surface area contributed by atoms with Crippen LogP contribution in [0.15, 0.2) is 45.1 Å². The standard InChI is InChI=1S/C13H8F3N3O2S/c14-13(15,16)8-3-4-11(20)19(6-8)7-10-17-18-12(21-10)9-2-1-5-22-9/h1-6H,7H2. The largest absolute Gasteiger partial charge is 0.418 e. The molecule has 0 unspecified atom stereocenters. The first-order valence-electron chi connectivity index (χ1n) is 6.07. The fraction of sp³-hybridized carbons (Fsp3) is 0.154. The summed E-state index contributed by atoms with van der Waals surface area (Å²) in [6.45, 7) is -0.221. The molecule has 0 atom stereocenters. The predicted molar refractivity (Wildman–Crippen MR) is 72.4 cm³/mol. The van der Waals surface area contributed by atoms with Gasteiger partial charge in [-0.3, -0.25) is 4.79 Å². The SMILES string of the molecule is O=c1ccc(C(F)(F)F)cn1Cc1nnc(-c2cccs2)o1. The minimum atomic E-state index is -4.52. The monoisotopic (exact) mass is 327 g/mol. The number of alkyl halides is 3. The molecule has 0 amide bonds. The van der Waals surface area contributed by atoms with Crippen molar-refractivity contribution in [1.82, 2.24) is 14.8 Å². The molecule has 3 aromatic rings. The number of hydrogen-bond donors (Lipinski definition) is 0. The minimum Gasteiger partial charge on any atom is -0.418 e. The smallest absolute Gasteiger partial charge is 0.417 e. The number of halogens is 3. The molecule has 0 radical (unpaired) electrons. The van der Waals surface area contributed by atoms with Crippen LogP contribution in [0.25, 0.3) is 10.8 Å². The van der Waals surface area contributed by atoms with E-state index in [9.17, 15) is 18.0 Å². The molecule has 0 spiro atoms. The molecule has 0 fully saturated rings. The van der Waals surface area contributed by atoms with E-state index in [1.807, 2.05) is 5.38 Å². The van der Waals surface area contributed by atoms with Gasteiger partial charge in [-0.15, -0.1) is 21.5 Å². The number of nitrogens with zero attached hydrogens (tertiary/aromatic N) is 3. The Labute approximate surface area is 125 Å². The van der Waals surface area contributed by atoms with E-state index in [2.05, 4.69) is 10.2 Å². The molecule has 3 aromatic heterocycles. The van der Waals surface area contributed by atoms with Crippen LogP contribution in [0.5, 0.6) is 0 Å². The summed E-state index contributed by atoms with van der Waals surface area (Å²) in [5, 5.41) is 9.39. The van der Waals surface area contributed by atoms with E-state index in [4.69, 9.17) is 4.42 Å². The fourth-order valence-corrected chi connectivity index (χ4v) is 2.43. The van der Waals surface area contributed by atoms with Crippen molar-refractivity contribution in [2.75, 3.05) is 0 Å². The predicted octanol–water partition coefficient (Wildman–Crippen LogP) is 3.03. The van der Waals surface area contributed by atoms with Crippen LogP contribution >= 0.6 is 11.3 Å². The second kappa shape index (κ2) is 5.41. The highest BCUT2D eigenvalue weighted by Crippen LogP contribution is 2.28. The Morgan fingerprint density at radius 3 is 2.73 bits per heavy atom. The Bertz CT molecular complexity index is 837. The molecule has 0 aliphatic carbocycles. The number of thiophene rings is 1. The summed E-state index contributed by atoms with van der Waals surface area (Å²) in [4.78, 5) is 12.4. The third kappa shape index (κ3) is 2.93. The van der Waals surface area contributed by atoms with Gasteiger partial charge >= 0.3 is 6.18 Å². The van der Waals surface area contributed by atoms with Crippen molar-refractivity contribution in [2.24, 2.45) is 0 Å². The van der Waals surface area contributed by atoms with E-state index in [0.717, 1.165) is 27.8 Å². The highest BCUT2D eigenvalue weighted by molar-refractivity contribution is 7.13. The van der Waals surface area contributed by atoms with Gasteiger partial charge in [-0.2, -0.15) is 13.2 Å². The first-order valence-corrected chi connectivity index (χ1v) is 6.95. The van der Waals surface area contributed by atoms with Crippen LogP contribution in [0.1, 0.15) is 11.5 Å². The van der Waals surface area contributed by atoms with Crippen LogP contribution in [0, 0.1) is 0 Å². The lowest BCUT2D eigenvalue weighted by atomic mass is 10.3. The molecule has 114 valence electrons. The van der Waals surface area contributed by atoms with Gasteiger partial charge in [0.15, 0.2) is 0 Å². The van der Waals surface area contributed by atoms with E-state index in [-0.39, 0.29) is 18.3 Å². The molecule has 9 heteroatoms. The van der Waals surface area contributed by atoms with E-state index < -0.39 is 17.3 Å². The van der Waals surface area contributed by atoms with Crippen LogP contribution in [0.3, 0.4) is 0 Å². The minimum absolute atomic E-state index is 0.0600. The van der Waals surface area contributed by atoms with Crippen molar-refractivity contribution in [3.63, 3.8) is 0 Å². The normalized spacial score (nSPS) is 11.8. The highest BCUT2D eigenvalue weighted by Gasteiger charge is 2.31. The second-order valence-corrected chi connectivity index (χ2v) is 5.31. The zero-order valence-corrected chi connectivity index (χ0v) is 11.7. The fourth-order valence-electron chi connectivity index (χ4n) is 1.79. The van der Waals surface area contributed by atoms with E-state index in [1.54, 1.807) is 12.1 Å². The number of aromatic nitrogens is 3. The van der Waals surface area contributed by atoms with Crippen LogP contribution in [-0.4, -0.2) is 14.8 Å². The molecular weight excluding hydrogens is 319 g/mol. The molecular formula is C13H8F3N3O2S. The zero-order valence-electron chi connectivity index (χ0n) is 10.9. The van der Waals surface area contributed by atoms with E-state index >= 15 is 0 Å². The van der Waals surface area contributed by atoms with Crippen molar-refractivity contribution in [3.05, 3.63) is 57.7 Å².